The van der Waals surface area contributed by atoms with Gasteiger partial charge in [-0.15, -0.1) is 0 Å². The lowest BCUT2D eigenvalue weighted by molar-refractivity contribution is 0.127. The van der Waals surface area contributed by atoms with Gasteiger partial charge in [0.15, 0.2) is 0 Å². The maximum absolute atomic E-state index is 3.79. The Morgan fingerprint density at radius 2 is 2.00 bits per heavy atom. The summed E-state index contributed by atoms with van der Waals surface area (Å²) in [4.78, 5) is 2.63. The molecular weight excluding hydrogens is 172 g/mol. The van der Waals surface area contributed by atoms with E-state index in [0.717, 1.165) is 6.04 Å². The molecule has 2 rings (SSSR count). The van der Waals surface area contributed by atoms with E-state index >= 15 is 0 Å². The van der Waals surface area contributed by atoms with Crippen LogP contribution < -0.4 is 5.32 Å². The lowest BCUT2D eigenvalue weighted by Crippen LogP contribution is -2.46. The van der Waals surface area contributed by atoms with Crippen LogP contribution in [0, 0.1) is 0 Å². The first kappa shape index (κ1) is 10.4. The Kier molecular flexibility index (Phi) is 2.39. The highest BCUT2D eigenvalue weighted by Gasteiger charge is 2.39. The maximum atomic E-state index is 3.79. The predicted molar refractivity (Wildman–Crippen MR) is 60.5 cm³/mol. The fourth-order valence-electron chi connectivity index (χ4n) is 2.81. The zero-order chi connectivity index (χ0) is 10.4. The van der Waals surface area contributed by atoms with E-state index in [9.17, 15) is 0 Å². The third-order valence-electron chi connectivity index (χ3n) is 3.92. The third kappa shape index (κ3) is 1.96. The molecule has 2 saturated heterocycles. The molecule has 0 spiro atoms. The van der Waals surface area contributed by atoms with E-state index in [4.69, 9.17) is 0 Å². The summed E-state index contributed by atoms with van der Waals surface area (Å²) < 4.78 is 0. The van der Waals surface area contributed by atoms with E-state index in [2.05, 4.69) is 37.9 Å². The first-order chi connectivity index (χ1) is 6.39. The standard InChI is InChI=1S/C12H24N2/c1-11(2,3)14-8-7-12(4)6-5-10(9-14)13-12/h10,13H,5-9H2,1-4H3/t10-,12+/m0/s1. The molecule has 14 heavy (non-hydrogen) atoms. The summed E-state index contributed by atoms with van der Waals surface area (Å²) in [6.45, 7) is 11.9. The highest BCUT2D eigenvalue weighted by molar-refractivity contribution is 5.00. The summed E-state index contributed by atoms with van der Waals surface area (Å²) >= 11 is 0. The quantitative estimate of drug-likeness (QED) is 0.637. The second-order valence-corrected chi connectivity index (χ2v) is 6.31. The molecule has 2 heteroatoms. The van der Waals surface area contributed by atoms with Crippen LogP contribution in [-0.4, -0.2) is 35.1 Å². The van der Waals surface area contributed by atoms with Crippen molar-refractivity contribution in [3.05, 3.63) is 0 Å². The molecule has 2 fully saturated rings. The van der Waals surface area contributed by atoms with Gasteiger partial charge in [0.2, 0.25) is 0 Å². The van der Waals surface area contributed by atoms with Crippen LogP contribution in [0.25, 0.3) is 0 Å². The van der Waals surface area contributed by atoms with Gasteiger partial charge in [0.05, 0.1) is 0 Å². The van der Waals surface area contributed by atoms with E-state index in [1.165, 1.54) is 32.4 Å². The van der Waals surface area contributed by atoms with Gasteiger partial charge in [-0.1, -0.05) is 0 Å². The molecule has 0 aromatic rings. The number of hydrogen-bond acceptors (Lipinski definition) is 2. The largest absolute Gasteiger partial charge is 0.307 e. The number of rotatable bonds is 0. The van der Waals surface area contributed by atoms with E-state index < -0.39 is 0 Å². The zero-order valence-electron chi connectivity index (χ0n) is 10.1. The lowest BCUT2D eigenvalue weighted by atomic mass is 9.93. The van der Waals surface area contributed by atoms with Crippen LogP contribution in [-0.2, 0) is 0 Å². The molecule has 2 bridgehead atoms. The normalized spacial score (nSPS) is 39.9. The van der Waals surface area contributed by atoms with Crippen molar-refractivity contribution in [2.75, 3.05) is 13.1 Å². The molecule has 2 nitrogen and oxygen atoms in total. The van der Waals surface area contributed by atoms with Crippen molar-refractivity contribution in [2.45, 2.75) is 64.1 Å². The summed E-state index contributed by atoms with van der Waals surface area (Å²) in [6.07, 6.45) is 4.04. The summed E-state index contributed by atoms with van der Waals surface area (Å²) in [5.74, 6) is 0. The van der Waals surface area contributed by atoms with Crippen LogP contribution in [0.1, 0.15) is 47.0 Å². The first-order valence-corrected chi connectivity index (χ1v) is 5.92. The molecule has 0 radical (unpaired) electrons. The van der Waals surface area contributed by atoms with Crippen LogP contribution in [0.3, 0.4) is 0 Å². The van der Waals surface area contributed by atoms with Crippen molar-refractivity contribution in [3.8, 4) is 0 Å². The Balaban J connectivity index is 2.07. The van der Waals surface area contributed by atoms with Crippen LogP contribution >= 0.6 is 0 Å². The van der Waals surface area contributed by atoms with Gasteiger partial charge in [-0.2, -0.15) is 0 Å². The molecule has 0 unspecified atom stereocenters. The van der Waals surface area contributed by atoms with Gasteiger partial charge in [0.1, 0.15) is 0 Å². The molecular formula is C12H24N2. The van der Waals surface area contributed by atoms with E-state index in [1.807, 2.05) is 0 Å². The van der Waals surface area contributed by atoms with Gasteiger partial charge in [0.25, 0.3) is 0 Å². The van der Waals surface area contributed by atoms with Crippen molar-refractivity contribution in [1.29, 1.82) is 0 Å². The summed E-state index contributed by atoms with van der Waals surface area (Å²) in [5, 5.41) is 3.79. The number of nitrogens with zero attached hydrogens (tertiary/aromatic N) is 1. The van der Waals surface area contributed by atoms with Crippen molar-refractivity contribution < 1.29 is 0 Å². The van der Waals surface area contributed by atoms with Crippen LogP contribution in [0.15, 0.2) is 0 Å². The van der Waals surface area contributed by atoms with Gasteiger partial charge in [-0.05, 0) is 47.0 Å². The van der Waals surface area contributed by atoms with Crippen molar-refractivity contribution in [3.63, 3.8) is 0 Å². The Labute approximate surface area is 88.1 Å². The third-order valence-corrected chi connectivity index (χ3v) is 3.92. The predicted octanol–water partition coefficient (Wildman–Crippen LogP) is 2.00. The Morgan fingerprint density at radius 1 is 1.29 bits per heavy atom. The molecule has 2 heterocycles. The van der Waals surface area contributed by atoms with Crippen molar-refractivity contribution >= 4 is 0 Å². The molecule has 2 aliphatic heterocycles. The monoisotopic (exact) mass is 196 g/mol. The second-order valence-electron chi connectivity index (χ2n) is 6.31. The number of hydrogen-bond donors (Lipinski definition) is 1. The Morgan fingerprint density at radius 3 is 2.64 bits per heavy atom. The number of fused-ring (bicyclic) bond motifs is 2. The number of nitrogens with one attached hydrogen (secondary N) is 1. The second kappa shape index (κ2) is 3.21. The van der Waals surface area contributed by atoms with Gasteiger partial charge in [-0.3, -0.25) is 4.90 Å². The topological polar surface area (TPSA) is 15.3 Å². The fraction of sp³-hybridized carbons (Fsp3) is 1.00. The summed E-state index contributed by atoms with van der Waals surface area (Å²) in [6, 6.07) is 0.738. The van der Waals surface area contributed by atoms with Crippen LogP contribution in [0.5, 0.6) is 0 Å². The smallest absolute Gasteiger partial charge is 0.0200 e. The van der Waals surface area contributed by atoms with Gasteiger partial charge in [-0.25, -0.2) is 0 Å². The molecule has 0 amide bonds. The minimum Gasteiger partial charge on any atom is -0.307 e. The highest BCUT2D eigenvalue weighted by Crippen LogP contribution is 2.31. The fourth-order valence-corrected chi connectivity index (χ4v) is 2.81. The van der Waals surface area contributed by atoms with Gasteiger partial charge in [0, 0.05) is 30.2 Å². The van der Waals surface area contributed by atoms with E-state index in [0.29, 0.717) is 11.1 Å². The van der Waals surface area contributed by atoms with E-state index in [1.54, 1.807) is 0 Å². The average molecular weight is 196 g/mol. The SMILES string of the molecule is CC(C)(C)N1CC[C@@]2(C)CC[C@@H](C1)N2. The highest BCUT2D eigenvalue weighted by atomic mass is 15.2. The minimum absolute atomic E-state index is 0.336. The molecule has 0 saturated carbocycles. The minimum atomic E-state index is 0.336. The zero-order valence-corrected chi connectivity index (χ0v) is 10.1. The summed E-state index contributed by atoms with van der Waals surface area (Å²) in [7, 11) is 0. The maximum Gasteiger partial charge on any atom is 0.0200 e. The Bertz CT molecular complexity index is 219. The average Bonchev–Trinajstić information content (AvgIpc) is 2.27. The molecule has 2 aliphatic rings. The van der Waals surface area contributed by atoms with Gasteiger partial charge >= 0.3 is 0 Å². The molecule has 0 aliphatic carbocycles. The van der Waals surface area contributed by atoms with Crippen LogP contribution in [0.4, 0.5) is 0 Å². The first-order valence-electron chi connectivity index (χ1n) is 5.92. The van der Waals surface area contributed by atoms with Crippen LogP contribution in [0.2, 0.25) is 0 Å². The van der Waals surface area contributed by atoms with Crippen molar-refractivity contribution in [1.82, 2.24) is 10.2 Å². The number of likely N-dealkylation sites (tertiary alicyclic amines) is 1. The molecule has 0 aromatic carbocycles. The van der Waals surface area contributed by atoms with Crippen molar-refractivity contribution in [2.24, 2.45) is 0 Å². The molecule has 2 atom stereocenters. The summed E-state index contributed by atoms with van der Waals surface area (Å²) in [5.41, 5.74) is 0.771. The van der Waals surface area contributed by atoms with Gasteiger partial charge < -0.3 is 5.32 Å². The lowest BCUT2D eigenvalue weighted by Gasteiger charge is -2.37. The van der Waals surface area contributed by atoms with E-state index in [-0.39, 0.29) is 0 Å². The Hall–Kier alpha value is -0.0800. The molecule has 82 valence electrons. The molecule has 0 aromatic heterocycles. The molecule has 1 N–H and O–H groups in total.